The van der Waals surface area contributed by atoms with Crippen LogP contribution in [0.2, 0.25) is 0 Å². The molecule has 5 heteroatoms. The Labute approximate surface area is 196 Å². The molecule has 5 rings (SSSR count). The standard InChI is InChI=1S/C28H33N5/c1-20(2)31-15-17-32(18-16-31)25-9-7-24(8-10-25)30-26-11-12-27(33-14-13-29-28(26)33)23-6-5-21(3)22(4)19-23/h5-14,19-20,30H,15-18H2,1-4H3. The van der Waals surface area contributed by atoms with Gasteiger partial charge in [-0.05, 0) is 86.8 Å². The minimum Gasteiger partial charge on any atom is -0.369 e. The molecule has 2 aromatic heterocycles. The molecule has 1 saturated heterocycles. The van der Waals surface area contributed by atoms with Crippen molar-refractivity contribution >= 4 is 22.7 Å². The molecule has 0 unspecified atom stereocenters. The summed E-state index contributed by atoms with van der Waals surface area (Å²) in [5, 5.41) is 3.57. The molecule has 0 aliphatic carbocycles. The zero-order valence-electron chi connectivity index (χ0n) is 20.0. The fourth-order valence-electron chi connectivity index (χ4n) is 4.66. The summed E-state index contributed by atoms with van der Waals surface area (Å²) in [5.41, 5.74) is 9.26. The van der Waals surface area contributed by atoms with Gasteiger partial charge in [-0.2, -0.15) is 0 Å². The maximum absolute atomic E-state index is 4.64. The van der Waals surface area contributed by atoms with E-state index >= 15 is 0 Å². The van der Waals surface area contributed by atoms with Crippen molar-refractivity contribution in [1.29, 1.82) is 0 Å². The number of hydrogen-bond donors (Lipinski definition) is 1. The molecule has 0 bridgehead atoms. The van der Waals surface area contributed by atoms with Crippen molar-refractivity contribution in [3.63, 3.8) is 0 Å². The van der Waals surface area contributed by atoms with Gasteiger partial charge in [0, 0.05) is 56.0 Å². The van der Waals surface area contributed by atoms with Crippen LogP contribution in [0.1, 0.15) is 25.0 Å². The highest BCUT2D eigenvalue weighted by Crippen LogP contribution is 2.29. The molecule has 33 heavy (non-hydrogen) atoms. The largest absolute Gasteiger partial charge is 0.369 e. The van der Waals surface area contributed by atoms with Crippen molar-refractivity contribution in [3.8, 4) is 11.3 Å². The van der Waals surface area contributed by atoms with Crippen molar-refractivity contribution in [2.24, 2.45) is 0 Å². The predicted octanol–water partition coefficient (Wildman–Crippen LogP) is 5.89. The first kappa shape index (κ1) is 21.5. The molecule has 5 nitrogen and oxygen atoms in total. The number of anilines is 3. The van der Waals surface area contributed by atoms with E-state index in [0.717, 1.165) is 48.9 Å². The number of aryl methyl sites for hydroxylation is 2. The van der Waals surface area contributed by atoms with Crippen molar-refractivity contribution in [2.75, 3.05) is 36.4 Å². The van der Waals surface area contributed by atoms with Crippen molar-refractivity contribution < 1.29 is 0 Å². The first-order valence-electron chi connectivity index (χ1n) is 11.9. The average Bonchev–Trinajstić information content (AvgIpc) is 3.32. The van der Waals surface area contributed by atoms with E-state index in [0.29, 0.717) is 6.04 Å². The lowest BCUT2D eigenvalue weighted by Gasteiger charge is -2.38. The lowest BCUT2D eigenvalue weighted by atomic mass is 10.0. The van der Waals surface area contributed by atoms with E-state index in [-0.39, 0.29) is 0 Å². The van der Waals surface area contributed by atoms with Crippen LogP contribution in [-0.2, 0) is 0 Å². The number of benzene rings is 2. The van der Waals surface area contributed by atoms with Gasteiger partial charge in [-0.15, -0.1) is 0 Å². The molecule has 0 radical (unpaired) electrons. The Morgan fingerprint density at radius 3 is 2.30 bits per heavy atom. The summed E-state index contributed by atoms with van der Waals surface area (Å²) in [4.78, 5) is 9.67. The third-order valence-electron chi connectivity index (χ3n) is 6.91. The monoisotopic (exact) mass is 439 g/mol. The maximum atomic E-state index is 4.64. The van der Waals surface area contributed by atoms with E-state index in [1.165, 1.54) is 22.4 Å². The van der Waals surface area contributed by atoms with E-state index in [4.69, 9.17) is 0 Å². The number of imidazole rings is 1. The Balaban J connectivity index is 1.35. The molecule has 1 aliphatic heterocycles. The molecule has 3 heterocycles. The highest BCUT2D eigenvalue weighted by atomic mass is 15.3. The minimum atomic E-state index is 0.625. The zero-order chi connectivity index (χ0) is 22.9. The van der Waals surface area contributed by atoms with Crippen molar-refractivity contribution in [3.05, 3.63) is 78.1 Å². The smallest absolute Gasteiger partial charge is 0.161 e. The van der Waals surface area contributed by atoms with Crippen LogP contribution in [0.25, 0.3) is 16.9 Å². The second-order valence-corrected chi connectivity index (χ2v) is 9.34. The minimum absolute atomic E-state index is 0.625. The quantitative estimate of drug-likeness (QED) is 0.420. The summed E-state index contributed by atoms with van der Waals surface area (Å²) in [6.07, 6.45) is 3.90. The van der Waals surface area contributed by atoms with Crippen LogP contribution in [0.5, 0.6) is 0 Å². The number of fused-ring (bicyclic) bond motifs is 1. The number of nitrogens with zero attached hydrogens (tertiary/aromatic N) is 4. The Morgan fingerprint density at radius 1 is 0.848 bits per heavy atom. The molecule has 2 aromatic carbocycles. The van der Waals surface area contributed by atoms with Gasteiger partial charge in [-0.1, -0.05) is 12.1 Å². The van der Waals surface area contributed by atoms with Crippen LogP contribution in [0.15, 0.2) is 67.0 Å². The molecule has 1 N–H and O–H groups in total. The molecule has 0 amide bonds. The van der Waals surface area contributed by atoms with Gasteiger partial charge in [0.15, 0.2) is 5.65 Å². The first-order chi connectivity index (χ1) is 16.0. The molecule has 0 atom stereocenters. The molecule has 0 saturated carbocycles. The van der Waals surface area contributed by atoms with Gasteiger partial charge in [-0.3, -0.25) is 9.30 Å². The highest BCUT2D eigenvalue weighted by Gasteiger charge is 2.19. The van der Waals surface area contributed by atoms with Gasteiger partial charge >= 0.3 is 0 Å². The summed E-state index contributed by atoms with van der Waals surface area (Å²) in [6.45, 7) is 13.3. The van der Waals surface area contributed by atoms with Gasteiger partial charge in [0.1, 0.15) is 0 Å². The highest BCUT2D eigenvalue weighted by molar-refractivity contribution is 5.78. The molecule has 4 aromatic rings. The van der Waals surface area contributed by atoms with Crippen molar-refractivity contribution in [1.82, 2.24) is 14.3 Å². The van der Waals surface area contributed by atoms with Crippen LogP contribution < -0.4 is 10.2 Å². The van der Waals surface area contributed by atoms with E-state index < -0.39 is 0 Å². The predicted molar refractivity (Wildman–Crippen MR) is 139 cm³/mol. The third-order valence-corrected chi connectivity index (χ3v) is 6.91. The fraction of sp³-hybridized carbons (Fsp3) is 0.321. The summed E-state index contributed by atoms with van der Waals surface area (Å²) in [6, 6.07) is 20.3. The van der Waals surface area contributed by atoms with Gasteiger partial charge in [0.2, 0.25) is 0 Å². The number of nitrogens with one attached hydrogen (secondary N) is 1. The van der Waals surface area contributed by atoms with E-state index in [9.17, 15) is 0 Å². The summed E-state index contributed by atoms with van der Waals surface area (Å²) >= 11 is 0. The second kappa shape index (κ2) is 8.91. The first-order valence-corrected chi connectivity index (χ1v) is 11.9. The average molecular weight is 440 g/mol. The maximum Gasteiger partial charge on any atom is 0.161 e. The number of rotatable bonds is 5. The van der Waals surface area contributed by atoms with Gasteiger partial charge in [-0.25, -0.2) is 4.98 Å². The zero-order valence-corrected chi connectivity index (χ0v) is 20.0. The number of piperazine rings is 1. The Bertz CT molecular complexity index is 1250. The fourth-order valence-corrected chi connectivity index (χ4v) is 4.66. The Morgan fingerprint density at radius 2 is 1.61 bits per heavy atom. The van der Waals surface area contributed by atoms with Gasteiger partial charge in [0.05, 0.1) is 11.4 Å². The van der Waals surface area contributed by atoms with Crippen LogP contribution in [-0.4, -0.2) is 46.5 Å². The second-order valence-electron chi connectivity index (χ2n) is 9.34. The van der Waals surface area contributed by atoms with Gasteiger partial charge < -0.3 is 10.2 Å². The molecule has 1 fully saturated rings. The van der Waals surface area contributed by atoms with Crippen molar-refractivity contribution in [2.45, 2.75) is 33.7 Å². The number of aromatic nitrogens is 2. The lowest BCUT2D eigenvalue weighted by molar-refractivity contribution is 0.209. The molecular weight excluding hydrogens is 406 g/mol. The summed E-state index contributed by atoms with van der Waals surface area (Å²) in [5.74, 6) is 0. The Kier molecular flexibility index (Phi) is 5.81. The Hall–Kier alpha value is -3.31. The molecule has 0 spiro atoms. The molecular formula is C28H33N5. The third kappa shape index (κ3) is 4.33. The van der Waals surface area contributed by atoms with Crippen LogP contribution in [0.4, 0.5) is 17.1 Å². The number of pyridine rings is 1. The van der Waals surface area contributed by atoms with E-state index in [1.807, 2.05) is 12.4 Å². The topological polar surface area (TPSA) is 35.8 Å². The number of hydrogen-bond acceptors (Lipinski definition) is 4. The molecule has 170 valence electrons. The SMILES string of the molecule is Cc1ccc(-c2ccc(Nc3ccc(N4CCN(C(C)C)CC4)cc3)c3nccn23)cc1C. The van der Waals surface area contributed by atoms with E-state index in [2.05, 4.69) is 107 Å². The van der Waals surface area contributed by atoms with Crippen LogP contribution in [0.3, 0.4) is 0 Å². The lowest BCUT2D eigenvalue weighted by Crippen LogP contribution is -2.48. The summed E-state index contributed by atoms with van der Waals surface area (Å²) in [7, 11) is 0. The van der Waals surface area contributed by atoms with Gasteiger partial charge in [0.25, 0.3) is 0 Å². The van der Waals surface area contributed by atoms with Crippen LogP contribution in [0, 0.1) is 13.8 Å². The van der Waals surface area contributed by atoms with Crippen LogP contribution >= 0.6 is 0 Å². The normalized spacial score (nSPS) is 14.9. The van der Waals surface area contributed by atoms with E-state index in [1.54, 1.807) is 0 Å². The molecule has 1 aliphatic rings. The summed E-state index contributed by atoms with van der Waals surface area (Å²) < 4.78 is 2.16.